The highest BCUT2D eigenvalue weighted by Gasteiger charge is 2.21. The summed E-state index contributed by atoms with van der Waals surface area (Å²) in [4.78, 5) is 22.3. The minimum Gasteiger partial charge on any atom is -0.478 e. The zero-order valence-corrected chi connectivity index (χ0v) is 12.2. The molecule has 1 aromatic heterocycles. The predicted octanol–water partition coefficient (Wildman–Crippen LogP) is 3.82. The van der Waals surface area contributed by atoms with E-state index in [-0.39, 0.29) is 22.6 Å². The Balaban J connectivity index is 2.21. The van der Waals surface area contributed by atoms with Gasteiger partial charge in [-0.15, -0.1) is 11.3 Å². The first kappa shape index (κ1) is 14.6. The summed E-state index contributed by atoms with van der Waals surface area (Å²) in [7, 11) is 0. The molecule has 0 spiro atoms. The maximum atomic E-state index is 13.1. The number of halogens is 2. The number of Topliss-reactive ketones (excluding diaryl/α,β-unsaturated/α-hetero) is 1. The van der Waals surface area contributed by atoms with E-state index in [0.717, 1.165) is 12.1 Å². The lowest BCUT2D eigenvalue weighted by atomic mass is 10.3. The number of rotatable bonds is 5. The first-order valence-corrected chi connectivity index (χ1v) is 6.99. The van der Waals surface area contributed by atoms with Crippen molar-refractivity contribution < 1.29 is 18.8 Å². The molecule has 8 heteroatoms. The summed E-state index contributed by atoms with van der Waals surface area (Å²) in [6.45, 7) is -0.356. The molecule has 1 heterocycles. The fourth-order valence-corrected chi connectivity index (χ4v) is 2.66. The molecule has 0 saturated carbocycles. The van der Waals surface area contributed by atoms with Crippen molar-refractivity contribution in [2.45, 2.75) is 0 Å². The van der Waals surface area contributed by atoms with E-state index in [1.54, 1.807) is 17.5 Å². The van der Waals surface area contributed by atoms with Gasteiger partial charge in [-0.05, 0) is 33.4 Å². The molecular weight excluding hydrogens is 353 g/mol. The van der Waals surface area contributed by atoms with Crippen LogP contribution >= 0.6 is 27.3 Å². The Morgan fingerprint density at radius 3 is 2.85 bits per heavy atom. The van der Waals surface area contributed by atoms with Crippen LogP contribution in [-0.2, 0) is 0 Å². The van der Waals surface area contributed by atoms with E-state index in [9.17, 15) is 19.3 Å². The first-order valence-electron chi connectivity index (χ1n) is 5.32. The molecule has 0 aliphatic rings. The van der Waals surface area contributed by atoms with E-state index in [0.29, 0.717) is 4.88 Å². The lowest BCUT2D eigenvalue weighted by Gasteiger charge is -2.07. The number of benzene rings is 1. The summed E-state index contributed by atoms with van der Waals surface area (Å²) >= 11 is 4.24. The van der Waals surface area contributed by atoms with Crippen molar-refractivity contribution in [1.29, 1.82) is 0 Å². The molecule has 0 radical (unpaired) electrons. The highest BCUT2D eigenvalue weighted by molar-refractivity contribution is 9.10. The molecule has 0 aliphatic heterocycles. The van der Waals surface area contributed by atoms with Crippen molar-refractivity contribution in [2.75, 3.05) is 6.61 Å². The number of thiophene rings is 1. The largest absolute Gasteiger partial charge is 0.478 e. The van der Waals surface area contributed by atoms with Gasteiger partial charge in [-0.3, -0.25) is 14.9 Å². The summed E-state index contributed by atoms with van der Waals surface area (Å²) < 4.78 is 18.4. The molecule has 0 unspecified atom stereocenters. The summed E-state index contributed by atoms with van der Waals surface area (Å²) in [5.41, 5.74) is -0.532. The van der Waals surface area contributed by atoms with E-state index >= 15 is 0 Å². The van der Waals surface area contributed by atoms with Crippen LogP contribution in [0.4, 0.5) is 10.1 Å². The Morgan fingerprint density at radius 2 is 2.25 bits per heavy atom. The molecule has 5 nitrogen and oxygen atoms in total. The van der Waals surface area contributed by atoms with Crippen molar-refractivity contribution >= 4 is 38.7 Å². The quantitative estimate of drug-likeness (QED) is 0.462. The van der Waals surface area contributed by atoms with Gasteiger partial charge in [0.2, 0.25) is 11.5 Å². The van der Waals surface area contributed by atoms with E-state index < -0.39 is 16.4 Å². The fourth-order valence-electron chi connectivity index (χ4n) is 1.47. The van der Waals surface area contributed by atoms with Crippen molar-refractivity contribution in [3.05, 3.63) is 54.9 Å². The monoisotopic (exact) mass is 359 g/mol. The molecule has 0 bridgehead atoms. The van der Waals surface area contributed by atoms with Gasteiger partial charge in [0, 0.05) is 0 Å². The van der Waals surface area contributed by atoms with Gasteiger partial charge in [0.15, 0.2) is 6.61 Å². The average molecular weight is 360 g/mol. The Kier molecular flexibility index (Phi) is 4.46. The molecule has 2 aromatic rings. The molecule has 20 heavy (non-hydrogen) atoms. The number of ether oxygens (including phenoxy) is 1. The van der Waals surface area contributed by atoms with Crippen LogP contribution in [0.15, 0.2) is 34.1 Å². The van der Waals surface area contributed by atoms with Gasteiger partial charge in [0.1, 0.15) is 5.82 Å². The smallest absolute Gasteiger partial charge is 0.315 e. The normalized spacial score (nSPS) is 10.3. The lowest BCUT2D eigenvalue weighted by molar-refractivity contribution is -0.386. The van der Waals surface area contributed by atoms with Crippen LogP contribution < -0.4 is 4.74 Å². The maximum Gasteiger partial charge on any atom is 0.315 e. The van der Waals surface area contributed by atoms with E-state index in [4.69, 9.17) is 4.74 Å². The second-order valence-corrected chi connectivity index (χ2v) is 5.48. The van der Waals surface area contributed by atoms with Gasteiger partial charge in [-0.25, -0.2) is 4.39 Å². The van der Waals surface area contributed by atoms with Crippen LogP contribution in [0, 0.1) is 15.9 Å². The third kappa shape index (κ3) is 3.20. The predicted molar refractivity (Wildman–Crippen MR) is 74.9 cm³/mol. The van der Waals surface area contributed by atoms with Gasteiger partial charge in [-0.2, -0.15) is 0 Å². The zero-order chi connectivity index (χ0) is 14.7. The molecular formula is C12H7BrFNO4S. The average Bonchev–Trinajstić information content (AvgIpc) is 2.90. The highest BCUT2D eigenvalue weighted by atomic mass is 79.9. The maximum absolute atomic E-state index is 13.1. The van der Waals surface area contributed by atoms with Gasteiger partial charge >= 0.3 is 5.69 Å². The van der Waals surface area contributed by atoms with Gasteiger partial charge in [0.25, 0.3) is 0 Å². The Bertz CT molecular complexity index is 660. The summed E-state index contributed by atoms with van der Waals surface area (Å²) in [5.74, 6) is -1.23. The second-order valence-electron chi connectivity index (χ2n) is 3.68. The summed E-state index contributed by atoms with van der Waals surface area (Å²) in [6, 6.07) is 5.13. The van der Waals surface area contributed by atoms with Crippen LogP contribution in [0.2, 0.25) is 0 Å². The molecule has 104 valence electrons. The zero-order valence-electron chi connectivity index (χ0n) is 9.84. The molecule has 0 saturated heterocycles. The summed E-state index contributed by atoms with van der Waals surface area (Å²) in [6.07, 6.45) is 0. The van der Waals surface area contributed by atoms with Gasteiger partial charge in [0.05, 0.1) is 20.3 Å². The van der Waals surface area contributed by atoms with E-state index in [1.807, 2.05) is 0 Å². The van der Waals surface area contributed by atoms with Crippen LogP contribution in [0.3, 0.4) is 0 Å². The number of nitrogens with zero attached hydrogens (tertiary/aromatic N) is 1. The number of hydrogen-bond acceptors (Lipinski definition) is 5. The molecule has 0 aliphatic carbocycles. The number of ketones is 1. The van der Waals surface area contributed by atoms with Crippen LogP contribution in [0.5, 0.6) is 5.75 Å². The summed E-state index contributed by atoms with van der Waals surface area (Å²) in [5, 5.41) is 12.6. The van der Waals surface area contributed by atoms with Crippen molar-refractivity contribution in [3.8, 4) is 5.75 Å². The molecule has 2 rings (SSSR count). The Labute approximate surface area is 125 Å². The van der Waals surface area contributed by atoms with Crippen LogP contribution in [0.1, 0.15) is 9.67 Å². The van der Waals surface area contributed by atoms with Gasteiger partial charge in [-0.1, -0.05) is 6.07 Å². The molecule has 0 N–H and O–H groups in total. The van der Waals surface area contributed by atoms with E-state index in [2.05, 4.69) is 15.9 Å². The standard InChI is InChI=1S/C12H7BrFNO4S/c13-8-4-7(14)5-9(15(17)18)12(8)19-6-10(16)11-2-1-3-20-11/h1-5H,6H2. The SMILES string of the molecule is O=C(COc1c(Br)cc(F)cc1[N+](=O)[O-])c1cccs1. The third-order valence-corrected chi connectivity index (χ3v) is 3.83. The minimum atomic E-state index is -0.765. The molecule has 0 amide bonds. The highest BCUT2D eigenvalue weighted by Crippen LogP contribution is 2.36. The molecule has 0 fully saturated rings. The molecule has 1 aromatic carbocycles. The van der Waals surface area contributed by atoms with Crippen molar-refractivity contribution in [1.82, 2.24) is 0 Å². The molecule has 0 atom stereocenters. The number of carbonyl (C=O) groups excluding carboxylic acids is 1. The van der Waals surface area contributed by atoms with Gasteiger partial charge < -0.3 is 4.74 Å². The first-order chi connectivity index (χ1) is 9.49. The Hall–Kier alpha value is -1.80. The minimum absolute atomic E-state index is 0.0863. The van der Waals surface area contributed by atoms with E-state index in [1.165, 1.54) is 11.3 Å². The number of nitro groups is 1. The third-order valence-electron chi connectivity index (χ3n) is 2.33. The Morgan fingerprint density at radius 1 is 1.50 bits per heavy atom. The number of carbonyl (C=O) groups is 1. The number of hydrogen-bond donors (Lipinski definition) is 0. The van der Waals surface area contributed by atoms with Crippen LogP contribution in [-0.4, -0.2) is 17.3 Å². The van der Waals surface area contributed by atoms with Crippen molar-refractivity contribution in [3.63, 3.8) is 0 Å². The van der Waals surface area contributed by atoms with Crippen molar-refractivity contribution in [2.24, 2.45) is 0 Å². The fraction of sp³-hybridized carbons (Fsp3) is 0.0833. The second kappa shape index (κ2) is 6.10. The topological polar surface area (TPSA) is 69.4 Å². The lowest BCUT2D eigenvalue weighted by Crippen LogP contribution is -2.11. The number of nitro benzene ring substituents is 1. The van der Waals surface area contributed by atoms with Crippen LogP contribution in [0.25, 0.3) is 0 Å².